The van der Waals surface area contributed by atoms with E-state index >= 15 is 0 Å². The molecule has 0 aliphatic heterocycles. The number of carbonyl (C=O) groups excluding carboxylic acids is 3. The van der Waals surface area contributed by atoms with Crippen LogP contribution in [0.4, 0.5) is 0 Å². The number of hydrogen-bond donors (Lipinski definition) is 0. The van der Waals surface area contributed by atoms with Crippen LogP contribution >= 0.6 is 0 Å². The second-order valence-electron chi connectivity index (χ2n) is 16.3. The summed E-state index contributed by atoms with van der Waals surface area (Å²) in [5.74, 6) is 0.532. The lowest BCUT2D eigenvalue weighted by atomic mass is 9.33. The van der Waals surface area contributed by atoms with Crippen LogP contribution in [0.1, 0.15) is 127 Å². The molecule has 0 aromatic carbocycles. The maximum atomic E-state index is 14.5. The normalized spacial score (nSPS) is 47.5. The minimum Gasteiger partial charge on any atom is -0.465 e. The van der Waals surface area contributed by atoms with Gasteiger partial charge in [0.25, 0.3) is 0 Å². The van der Waals surface area contributed by atoms with Crippen LogP contribution in [0.25, 0.3) is 0 Å². The van der Waals surface area contributed by atoms with Gasteiger partial charge in [0.1, 0.15) is 6.10 Å². The van der Waals surface area contributed by atoms with Crippen LogP contribution in [0.3, 0.4) is 0 Å². The minimum atomic E-state index is -0.498. The lowest BCUT2D eigenvalue weighted by molar-refractivity contribution is -0.210. The SMILES string of the molecule is CCCOC(=O)[C@@]1(C)CC[C@@]2(C)CC[C@]3(C)C(=CC(=O)[C@H]4[C@@]5(C)CC[C@H](OC(C)=O)C(C)(C)[C@@H]5CC[C@@]43C)[C@@H]2C1. The average molecular weight is 555 g/mol. The zero-order chi connectivity index (χ0) is 29.5. The maximum absolute atomic E-state index is 14.5. The Balaban J connectivity index is 1.54. The molecule has 4 fully saturated rings. The van der Waals surface area contributed by atoms with Crippen LogP contribution in [-0.2, 0) is 23.9 Å². The molecule has 0 spiro atoms. The summed E-state index contributed by atoms with van der Waals surface area (Å²) < 4.78 is 11.6. The number of carbonyl (C=O) groups is 3. The van der Waals surface area contributed by atoms with Gasteiger partial charge in [-0.3, -0.25) is 14.4 Å². The van der Waals surface area contributed by atoms with E-state index in [1.807, 2.05) is 6.92 Å². The quantitative estimate of drug-likeness (QED) is 0.331. The highest BCUT2D eigenvalue weighted by Crippen LogP contribution is 2.75. The minimum absolute atomic E-state index is 0.0427. The molecule has 5 aliphatic carbocycles. The summed E-state index contributed by atoms with van der Waals surface area (Å²) in [4.78, 5) is 39.7. The van der Waals surface area contributed by atoms with E-state index in [-0.39, 0.29) is 57.0 Å². The highest BCUT2D eigenvalue weighted by molar-refractivity contribution is 5.95. The van der Waals surface area contributed by atoms with Crippen molar-refractivity contribution in [2.45, 2.75) is 133 Å². The molecule has 0 aromatic rings. The molecule has 5 rings (SSSR count). The summed E-state index contributed by atoms with van der Waals surface area (Å²) in [7, 11) is 0. The lowest BCUT2D eigenvalue weighted by Crippen LogP contribution is -2.66. The Morgan fingerprint density at radius 1 is 0.925 bits per heavy atom. The van der Waals surface area contributed by atoms with Gasteiger partial charge in [-0.05, 0) is 111 Å². The van der Waals surface area contributed by atoms with Gasteiger partial charge in [-0.1, -0.05) is 54.0 Å². The molecule has 5 aliphatic rings. The van der Waals surface area contributed by atoms with E-state index in [0.29, 0.717) is 18.3 Å². The number of esters is 2. The molecule has 4 saturated carbocycles. The molecular formula is C35H54O5. The number of hydrogen-bond acceptors (Lipinski definition) is 5. The van der Waals surface area contributed by atoms with Crippen molar-refractivity contribution in [1.82, 2.24) is 0 Å². The third kappa shape index (κ3) is 4.02. The molecule has 40 heavy (non-hydrogen) atoms. The van der Waals surface area contributed by atoms with E-state index in [1.165, 1.54) is 12.5 Å². The third-order valence-electron chi connectivity index (χ3n) is 13.8. The first-order valence-corrected chi connectivity index (χ1v) is 16.1. The fourth-order valence-electron chi connectivity index (χ4n) is 11.1. The van der Waals surface area contributed by atoms with Crippen molar-refractivity contribution >= 4 is 17.7 Å². The van der Waals surface area contributed by atoms with Crippen molar-refractivity contribution < 1.29 is 23.9 Å². The molecule has 5 heteroatoms. The van der Waals surface area contributed by atoms with E-state index < -0.39 is 5.41 Å². The van der Waals surface area contributed by atoms with Gasteiger partial charge in [-0.25, -0.2) is 0 Å². The molecule has 224 valence electrons. The largest absolute Gasteiger partial charge is 0.465 e. The van der Waals surface area contributed by atoms with E-state index in [4.69, 9.17) is 9.47 Å². The summed E-state index contributed by atoms with van der Waals surface area (Å²) in [6.07, 6.45) is 11.5. The van der Waals surface area contributed by atoms with E-state index in [9.17, 15) is 14.4 Å². The average Bonchev–Trinajstić information content (AvgIpc) is 2.86. The predicted molar refractivity (Wildman–Crippen MR) is 156 cm³/mol. The number of ketones is 1. The van der Waals surface area contributed by atoms with Crippen molar-refractivity contribution in [1.29, 1.82) is 0 Å². The Kier molecular flexibility index (Phi) is 7.03. The lowest BCUT2D eigenvalue weighted by Gasteiger charge is -2.70. The predicted octanol–water partition coefficient (Wildman–Crippen LogP) is 7.85. The Morgan fingerprint density at radius 3 is 2.25 bits per heavy atom. The summed E-state index contributed by atoms with van der Waals surface area (Å²) in [6.45, 7) is 20.3. The highest BCUT2D eigenvalue weighted by Gasteiger charge is 2.70. The van der Waals surface area contributed by atoms with Crippen LogP contribution in [-0.4, -0.2) is 30.4 Å². The molecular weight excluding hydrogens is 500 g/mol. The zero-order valence-electron chi connectivity index (χ0n) is 26.7. The Bertz CT molecular complexity index is 1120. The number of rotatable bonds is 4. The molecule has 5 nitrogen and oxygen atoms in total. The Morgan fingerprint density at radius 2 is 1.60 bits per heavy atom. The smallest absolute Gasteiger partial charge is 0.311 e. The summed E-state index contributed by atoms with van der Waals surface area (Å²) in [5, 5.41) is 0. The van der Waals surface area contributed by atoms with Gasteiger partial charge in [0.05, 0.1) is 12.0 Å². The standard InChI is InChI=1S/C35H54O5/c1-10-19-39-29(38)32(6)16-15-31(5)17-18-34(8)23(24(31)21-32)20-25(37)28-33(7)13-12-27(40-22(2)36)30(3,4)26(33)11-14-35(28,34)9/h20,24,26-28H,10-19,21H2,1-9H3/t24-,26-,27-,28-,31-,32-,33-,34+,35-/m0/s1. The zero-order valence-corrected chi connectivity index (χ0v) is 26.7. The second-order valence-corrected chi connectivity index (χ2v) is 16.3. The fourth-order valence-corrected chi connectivity index (χ4v) is 11.1. The van der Waals surface area contributed by atoms with Gasteiger partial charge in [-0.2, -0.15) is 0 Å². The number of allylic oxidation sites excluding steroid dienone is 2. The highest BCUT2D eigenvalue weighted by atomic mass is 16.5. The number of fused-ring (bicyclic) bond motifs is 7. The van der Waals surface area contributed by atoms with Crippen LogP contribution in [0.15, 0.2) is 11.6 Å². The Hall–Kier alpha value is -1.65. The van der Waals surface area contributed by atoms with Gasteiger partial charge in [0.15, 0.2) is 5.78 Å². The molecule has 0 N–H and O–H groups in total. The topological polar surface area (TPSA) is 69.7 Å². The molecule has 0 amide bonds. The summed E-state index contributed by atoms with van der Waals surface area (Å²) in [6, 6.07) is 0. The van der Waals surface area contributed by atoms with Crippen LogP contribution in [0.5, 0.6) is 0 Å². The molecule has 0 unspecified atom stereocenters. The molecule has 0 radical (unpaired) electrons. The molecule has 0 saturated heterocycles. The summed E-state index contributed by atoms with van der Waals surface area (Å²) in [5.41, 5.74) is 0.413. The van der Waals surface area contributed by atoms with Crippen molar-refractivity contribution in [2.24, 2.45) is 50.2 Å². The molecule has 0 aromatic heterocycles. The molecule has 0 bridgehead atoms. The first-order chi connectivity index (χ1) is 18.5. The third-order valence-corrected chi connectivity index (χ3v) is 13.8. The molecule has 9 atom stereocenters. The fraction of sp³-hybridized carbons (Fsp3) is 0.857. The van der Waals surface area contributed by atoms with E-state index in [2.05, 4.69) is 54.5 Å². The maximum Gasteiger partial charge on any atom is 0.311 e. The first kappa shape index (κ1) is 29.8. The molecule has 0 heterocycles. The van der Waals surface area contributed by atoms with Crippen molar-refractivity contribution in [3.63, 3.8) is 0 Å². The Labute approximate surface area is 242 Å². The van der Waals surface area contributed by atoms with Gasteiger partial charge >= 0.3 is 11.9 Å². The van der Waals surface area contributed by atoms with Crippen LogP contribution < -0.4 is 0 Å². The van der Waals surface area contributed by atoms with Gasteiger partial charge in [0.2, 0.25) is 0 Å². The number of ether oxygens (including phenoxy) is 2. The monoisotopic (exact) mass is 554 g/mol. The van der Waals surface area contributed by atoms with E-state index in [0.717, 1.165) is 64.2 Å². The van der Waals surface area contributed by atoms with Gasteiger partial charge < -0.3 is 9.47 Å². The van der Waals surface area contributed by atoms with Crippen LogP contribution in [0.2, 0.25) is 0 Å². The van der Waals surface area contributed by atoms with Crippen molar-refractivity contribution in [2.75, 3.05) is 6.61 Å². The van der Waals surface area contributed by atoms with Crippen molar-refractivity contribution in [3.8, 4) is 0 Å². The van der Waals surface area contributed by atoms with Crippen molar-refractivity contribution in [3.05, 3.63) is 11.6 Å². The summed E-state index contributed by atoms with van der Waals surface area (Å²) >= 11 is 0. The van der Waals surface area contributed by atoms with Gasteiger partial charge in [0, 0.05) is 18.3 Å². The first-order valence-electron chi connectivity index (χ1n) is 16.1. The second kappa shape index (κ2) is 9.43. The van der Waals surface area contributed by atoms with E-state index in [1.54, 1.807) is 0 Å². The van der Waals surface area contributed by atoms with Crippen LogP contribution in [0, 0.1) is 50.2 Å². The van der Waals surface area contributed by atoms with Gasteiger partial charge in [-0.15, -0.1) is 0 Å².